The van der Waals surface area contributed by atoms with Gasteiger partial charge >= 0.3 is 0 Å². The van der Waals surface area contributed by atoms with Gasteiger partial charge in [-0.15, -0.1) is 7.92 Å². The molecular formula is C31H58P2. The van der Waals surface area contributed by atoms with Crippen molar-refractivity contribution in [2.75, 3.05) is 6.16 Å². The Balaban J connectivity index is 1.47. The highest BCUT2D eigenvalue weighted by Gasteiger charge is 2.37. The highest BCUT2D eigenvalue weighted by Crippen LogP contribution is 2.63. The first-order valence-electron chi connectivity index (χ1n) is 15.9. The van der Waals surface area contributed by atoms with Crippen LogP contribution in [0, 0.1) is 0 Å². The third-order valence-corrected chi connectivity index (χ3v) is 17.9. The molecule has 0 bridgehead atoms. The van der Waals surface area contributed by atoms with Crippen LogP contribution < -0.4 is 0 Å². The van der Waals surface area contributed by atoms with Gasteiger partial charge in [-0.25, -0.2) is 0 Å². The topological polar surface area (TPSA) is 0 Å². The Hall–Kier alpha value is 0.860. The summed E-state index contributed by atoms with van der Waals surface area (Å²) >= 11 is 0. The summed E-state index contributed by atoms with van der Waals surface area (Å²) in [4.78, 5) is 0. The Labute approximate surface area is 211 Å². The van der Waals surface area contributed by atoms with Crippen molar-refractivity contribution in [2.24, 2.45) is 0 Å². The van der Waals surface area contributed by atoms with Crippen molar-refractivity contribution in [3.63, 3.8) is 0 Å². The maximum absolute atomic E-state index is 2.46. The van der Waals surface area contributed by atoms with Gasteiger partial charge in [-0.1, -0.05) is 105 Å². The van der Waals surface area contributed by atoms with E-state index in [2.05, 4.69) is 6.92 Å². The third kappa shape index (κ3) is 8.18. The quantitative estimate of drug-likeness (QED) is 0.252. The van der Waals surface area contributed by atoms with Gasteiger partial charge in [0.15, 0.2) is 0 Å². The van der Waals surface area contributed by atoms with E-state index in [0.717, 1.165) is 17.0 Å². The van der Waals surface area contributed by atoms with Crippen molar-refractivity contribution in [3.8, 4) is 0 Å². The summed E-state index contributed by atoms with van der Waals surface area (Å²) in [5.41, 5.74) is 5.80. The molecular weight excluding hydrogens is 434 g/mol. The molecule has 4 fully saturated rings. The Morgan fingerprint density at radius 1 is 0.515 bits per heavy atom. The number of hydrogen-bond donors (Lipinski definition) is 0. The average molecular weight is 493 g/mol. The monoisotopic (exact) mass is 492 g/mol. The smallest absolute Gasteiger partial charge is 0.0201 e. The second-order valence-corrected chi connectivity index (χ2v) is 18.5. The van der Waals surface area contributed by atoms with Crippen LogP contribution in [0.1, 0.15) is 161 Å². The standard InChI is InChI=1S/C31H58P2/c1-2-3-16-31(33(29-21-12-6-13-22-29)30-23-14-7-15-24-30)25-26-32(27-17-8-4-9-18-27)28-19-10-5-11-20-28/h27-31H,2-26H2,1H3. The van der Waals surface area contributed by atoms with Crippen LogP contribution in [0.3, 0.4) is 0 Å². The SMILES string of the molecule is CCCCC(CCP(C1CCCCC1)C1CCCCC1)P(C1CCCCC1)C1CCCCC1. The van der Waals surface area contributed by atoms with Gasteiger partial charge in [0.05, 0.1) is 0 Å². The van der Waals surface area contributed by atoms with Crippen molar-refractivity contribution >= 4 is 15.8 Å². The van der Waals surface area contributed by atoms with Crippen molar-refractivity contribution in [1.29, 1.82) is 0 Å². The van der Waals surface area contributed by atoms with E-state index in [9.17, 15) is 0 Å². The Morgan fingerprint density at radius 2 is 0.909 bits per heavy atom. The van der Waals surface area contributed by atoms with Crippen LogP contribution in [0.15, 0.2) is 0 Å². The van der Waals surface area contributed by atoms with E-state index in [1.54, 1.807) is 135 Å². The largest absolute Gasteiger partial charge is 0.100 e. The molecule has 0 aromatic heterocycles. The van der Waals surface area contributed by atoms with E-state index in [1.165, 1.54) is 37.0 Å². The zero-order chi connectivity index (χ0) is 22.7. The average Bonchev–Trinajstić information content (AvgIpc) is 2.89. The van der Waals surface area contributed by atoms with Gasteiger partial charge in [0.2, 0.25) is 0 Å². The summed E-state index contributed by atoms with van der Waals surface area (Å²) < 4.78 is 0. The van der Waals surface area contributed by atoms with Gasteiger partial charge in [-0.2, -0.15) is 0 Å². The summed E-state index contributed by atoms with van der Waals surface area (Å²) in [6.45, 7) is 2.46. The highest BCUT2D eigenvalue weighted by molar-refractivity contribution is 7.60. The first-order valence-corrected chi connectivity index (χ1v) is 19.1. The van der Waals surface area contributed by atoms with E-state index in [4.69, 9.17) is 0 Å². The molecule has 0 aliphatic heterocycles. The van der Waals surface area contributed by atoms with Gasteiger partial charge < -0.3 is 0 Å². The predicted molar refractivity (Wildman–Crippen MR) is 154 cm³/mol. The number of hydrogen-bond acceptors (Lipinski definition) is 0. The maximum Gasteiger partial charge on any atom is -0.0201 e. The molecule has 0 nitrogen and oxygen atoms in total. The number of unbranched alkanes of at least 4 members (excludes halogenated alkanes) is 1. The van der Waals surface area contributed by atoms with Crippen molar-refractivity contribution in [3.05, 3.63) is 0 Å². The molecule has 4 saturated carbocycles. The lowest BCUT2D eigenvalue weighted by atomic mass is 9.99. The van der Waals surface area contributed by atoms with E-state index < -0.39 is 0 Å². The van der Waals surface area contributed by atoms with E-state index in [-0.39, 0.29) is 7.92 Å². The molecule has 0 radical (unpaired) electrons. The molecule has 0 spiro atoms. The van der Waals surface area contributed by atoms with Crippen molar-refractivity contribution in [1.82, 2.24) is 0 Å². The molecule has 0 saturated heterocycles. The molecule has 0 heterocycles. The zero-order valence-corrected chi connectivity index (χ0v) is 24.2. The molecule has 2 heteroatoms. The van der Waals surface area contributed by atoms with Crippen LogP contribution >= 0.6 is 15.8 Å². The molecule has 0 amide bonds. The van der Waals surface area contributed by atoms with Gasteiger partial charge in [0, 0.05) is 0 Å². The molecule has 1 unspecified atom stereocenters. The zero-order valence-electron chi connectivity index (χ0n) is 22.5. The predicted octanol–water partition coefficient (Wildman–Crippen LogP) is 11.2. The molecule has 0 N–H and O–H groups in total. The van der Waals surface area contributed by atoms with Crippen molar-refractivity contribution in [2.45, 2.75) is 189 Å². The molecule has 33 heavy (non-hydrogen) atoms. The van der Waals surface area contributed by atoms with Crippen LogP contribution in [0.5, 0.6) is 0 Å². The Kier molecular flexibility index (Phi) is 12.4. The molecule has 192 valence electrons. The lowest BCUT2D eigenvalue weighted by Crippen LogP contribution is -2.28. The first kappa shape index (κ1) is 26.9. The lowest BCUT2D eigenvalue weighted by Gasteiger charge is -2.45. The minimum atomic E-state index is 0.273. The molecule has 1 atom stereocenters. The fourth-order valence-electron chi connectivity index (χ4n) is 8.32. The van der Waals surface area contributed by atoms with E-state index in [0.29, 0.717) is 7.92 Å². The normalized spacial score (nSPS) is 26.3. The molecule has 4 rings (SSSR count). The second-order valence-electron chi connectivity index (χ2n) is 12.4. The minimum Gasteiger partial charge on any atom is -0.100 e. The lowest BCUT2D eigenvalue weighted by molar-refractivity contribution is 0.475. The summed E-state index contributed by atoms with van der Waals surface area (Å²) in [6, 6.07) is 0. The molecule has 0 aromatic carbocycles. The summed E-state index contributed by atoms with van der Waals surface area (Å²) in [5, 5.41) is 0. The summed E-state index contributed by atoms with van der Waals surface area (Å²) in [7, 11) is 0.579. The summed E-state index contributed by atoms with van der Waals surface area (Å²) in [5.74, 6) is 0. The number of rotatable bonds is 11. The summed E-state index contributed by atoms with van der Waals surface area (Å²) in [6.07, 6.45) is 39.5. The van der Waals surface area contributed by atoms with Crippen LogP contribution in [0.2, 0.25) is 0 Å². The molecule has 4 aliphatic rings. The third-order valence-electron chi connectivity index (χ3n) is 10.1. The maximum atomic E-state index is 2.46. The van der Waals surface area contributed by atoms with Crippen LogP contribution in [0.4, 0.5) is 0 Å². The van der Waals surface area contributed by atoms with Crippen LogP contribution in [-0.4, -0.2) is 34.5 Å². The fourth-order valence-corrected chi connectivity index (χ4v) is 17.1. The molecule has 4 aliphatic carbocycles. The van der Waals surface area contributed by atoms with Crippen LogP contribution in [-0.2, 0) is 0 Å². The minimum absolute atomic E-state index is 0.273. The van der Waals surface area contributed by atoms with E-state index >= 15 is 0 Å². The Morgan fingerprint density at radius 3 is 1.30 bits per heavy atom. The fraction of sp³-hybridized carbons (Fsp3) is 1.00. The van der Waals surface area contributed by atoms with Gasteiger partial charge in [-0.3, -0.25) is 0 Å². The van der Waals surface area contributed by atoms with Gasteiger partial charge in [0.25, 0.3) is 0 Å². The van der Waals surface area contributed by atoms with Gasteiger partial charge in [-0.05, 0) is 98.7 Å². The van der Waals surface area contributed by atoms with Crippen molar-refractivity contribution < 1.29 is 0 Å². The van der Waals surface area contributed by atoms with E-state index in [1.807, 2.05) is 0 Å². The first-order chi connectivity index (χ1) is 16.4. The second kappa shape index (κ2) is 15.2. The highest BCUT2D eigenvalue weighted by atomic mass is 31.1. The Bertz CT molecular complexity index is 459. The van der Waals surface area contributed by atoms with Gasteiger partial charge in [0.1, 0.15) is 0 Å². The van der Waals surface area contributed by atoms with Crippen LogP contribution in [0.25, 0.3) is 0 Å². The molecule has 0 aromatic rings.